The van der Waals surface area contributed by atoms with Crippen LogP contribution in [-0.2, 0) is 0 Å². The van der Waals surface area contributed by atoms with Gasteiger partial charge in [0.2, 0.25) is 0 Å². The highest BCUT2D eigenvalue weighted by Gasteiger charge is 2.25. The van der Waals surface area contributed by atoms with E-state index in [0.29, 0.717) is 30.2 Å². The Morgan fingerprint density at radius 2 is 1.95 bits per heavy atom. The van der Waals surface area contributed by atoms with Gasteiger partial charge < -0.3 is 14.4 Å². The van der Waals surface area contributed by atoms with Crippen LogP contribution >= 0.6 is 0 Å². The van der Waals surface area contributed by atoms with Gasteiger partial charge in [0.1, 0.15) is 0 Å². The maximum absolute atomic E-state index is 12.7. The fraction of sp³-hybridized carbons (Fsp3) is 0.438. The lowest BCUT2D eigenvalue weighted by molar-refractivity contribution is 0.0646. The molecule has 1 amide bonds. The van der Waals surface area contributed by atoms with Gasteiger partial charge in [-0.3, -0.25) is 9.69 Å². The smallest absolute Gasteiger partial charge is 0.257 e. The number of methoxy groups -OCH3 is 2. The third-order valence-electron chi connectivity index (χ3n) is 3.68. The molecule has 0 aromatic heterocycles. The Labute approximate surface area is 125 Å². The van der Waals surface area contributed by atoms with Crippen LogP contribution in [0.15, 0.2) is 30.9 Å². The molecule has 114 valence electrons. The van der Waals surface area contributed by atoms with Crippen LogP contribution in [0.4, 0.5) is 0 Å². The van der Waals surface area contributed by atoms with Crippen molar-refractivity contribution in [2.45, 2.75) is 0 Å². The lowest BCUT2D eigenvalue weighted by atomic mass is 10.1. The van der Waals surface area contributed by atoms with Gasteiger partial charge in [-0.25, -0.2) is 0 Å². The Bertz CT molecular complexity index is 508. The SMILES string of the molecule is C=CCN1CCN(C(=O)c2cccc(OC)c2OC)CC1. The van der Waals surface area contributed by atoms with Gasteiger partial charge in [-0.05, 0) is 12.1 Å². The number of hydrogen-bond acceptors (Lipinski definition) is 4. The second kappa shape index (κ2) is 7.13. The van der Waals surface area contributed by atoms with Crippen LogP contribution in [0.25, 0.3) is 0 Å². The highest BCUT2D eigenvalue weighted by molar-refractivity contribution is 5.97. The Morgan fingerprint density at radius 3 is 2.52 bits per heavy atom. The van der Waals surface area contributed by atoms with E-state index >= 15 is 0 Å². The largest absolute Gasteiger partial charge is 0.493 e. The van der Waals surface area contributed by atoms with Crippen molar-refractivity contribution in [3.63, 3.8) is 0 Å². The Kier molecular flexibility index (Phi) is 5.22. The Morgan fingerprint density at radius 1 is 1.24 bits per heavy atom. The number of ether oxygens (including phenoxy) is 2. The molecule has 0 unspecified atom stereocenters. The summed E-state index contributed by atoms with van der Waals surface area (Å²) in [5, 5.41) is 0. The number of amides is 1. The van der Waals surface area contributed by atoms with Crippen molar-refractivity contribution in [1.29, 1.82) is 0 Å². The van der Waals surface area contributed by atoms with E-state index in [1.54, 1.807) is 26.4 Å². The third kappa shape index (κ3) is 3.36. The quantitative estimate of drug-likeness (QED) is 0.773. The Hall–Kier alpha value is -2.01. The van der Waals surface area contributed by atoms with Gasteiger partial charge in [-0.1, -0.05) is 12.1 Å². The van der Waals surface area contributed by atoms with Crippen molar-refractivity contribution in [2.24, 2.45) is 0 Å². The van der Waals surface area contributed by atoms with Crippen LogP contribution in [0.3, 0.4) is 0 Å². The van der Waals surface area contributed by atoms with Gasteiger partial charge in [-0.2, -0.15) is 0 Å². The van der Waals surface area contributed by atoms with E-state index in [4.69, 9.17) is 9.47 Å². The molecule has 1 aliphatic heterocycles. The van der Waals surface area contributed by atoms with Crippen LogP contribution in [0.2, 0.25) is 0 Å². The number of benzene rings is 1. The number of para-hydroxylation sites is 1. The maximum Gasteiger partial charge on any atom is 0.257 e. The lowest BCUT2D eigenvalue weighted by Crippen LogP contribution is -2.48. The molecule has 2 rings (SSSR count). The number of nitrogens with zero attached hydrogens (tertiary/aromatic N) is 2. The molecular formula is C16H22N2O3. The monoisotopic (exact) mass is 290 g/mol. The molecule has 21 heavy (non-hydrogen) atoms. The van der Waals surface area contributed by atoms with Crippen LogP contribution in [0.1, 0.15) is 10.4 Å². The first-order chi connectivity index (χ1) is 10.2. The van der Waals surface area contributed by atoms with E-state index in [2.05, 4.69) is 11.5 Å². The molecular weight excluding hydrogens is 268 g/mol. The minimum absolute atomic E-state index is 0.0102. The highest BCUT2D eigenvalue weighted by atomic mass is 16.5. The predicted octanol–water partition coefficient (Wildman–Crippen LogP) is 1.65. The van der Waals surface area contributed by atoms with Crippen molar-refractivity contribution >= 4 is 5.91 Å². The van der Waals surface area contributed by atoms with Crippen molar-refractivity contribution in [3.05, 3.63) is 36.4 Å². The van der Waals surface area contributed by atoms with Crippen LogP contribution in [-0.4, -0.2) is 62.7 Å². The summed E-state index contributed by atoms with van der Waals surface area (Å²) in [6, 6.07) is 5.37. The molecule has 0 saturated carbocycles. The predicted molar refractivity (Wildman–Crippen MR) is 82.1 cm³/mol. The van der Waals surface area contributed by atoms with E-state index in [1.165, 1.54) is 0 Å². The summed E-state index contributed by atoms with van der Waals surface area (Å²) in [7, 11) is 3.12. The van der Waals surface area contributed by atoms with Crippen molar-refractivity contribution in [3.8, 4) is 11.5 Å². The summed E-state index contributed by atoms with van der Waals surface area (Å²) in [6.45, 7) is 7.77. The second-order valence-corrected chi connectivity index (χ2v) is 4.92. The number of carbonyl (C=O) groups is 1. The van der Waals surface area contributed by atoms with Gasteiger partial charge >= 0.3 is 0 Å². The van der Waals surface area contributed by atoms with Crippen LogP contribution in [0.5, 0.6) is 11.5 Å². The van der Waals surface area contributed by atoms with E-state index in [0.717, 1.165) is 19.6 Å². The van der Waals surface area contributed by atoms with Crippen molar-refractivity contribution in [1.82, 2.24) is 9.80 Å². The number of rotatable bonds is 5. The number of carbonyl (C=O) groups excluding carboxylic acids is 1. The molecule has 1 aromatic rings. The molecule has 1 heterocycles. The zero-order chi connectivity index (χ0) is 15.2. The fourth-order valence-electron chi connectivity index (χ4n) is 2.54. The first-order valence-electron chi connectivity index (χ1n) is 7.04. The van der Waals surface area contributed by atoms with Crippen molar-refractivity contribution < 1.29 is 14.3 Å². The van der Waals surface area contributed by atoms with Gasteiger partial charge in [0.25, 0.3) is 5.91 Å². The number of hydrogen-bond donors (Lipinski definition) is 0. The molecule has 0 spiro atoms. The van der Waals surface area contributed by atoms with Crippen LogP contribution < -0.4 is 9.47 Å². The zero-order valence-corrected chi connectivity index (χ0v) is 12.7. The summed E-state index contributed by atoms with van der Waals surface area (Å²) in [5.74, 6) is 1.07. The van der Waals surface area contributed by atoms with E-state index in [-0.39, 0.29) is 5.91 Å². The Balaban J connectivity index is 2.12. The first kappa shape index (κ1) is 15.4. The molecule has 1 saturated heterocycles. The molecule has 0 bridgehead atoms. The minimum atomic E-state index is -0.0102. The average Bonchev–Trinajstić information content (AvgIpc) is 2.54. The lowest BCUT2D eigenvalue weighted by Gasteiger charge is -2.34. The summed E-state index contributed by atoms with van der Waals surface area (Å²) >= 11 is 0. The van der Waals surface area contributed by atoms with Crippen molar-refractivity contribution in [2.75, 3.05) is 46.9 Å². The summed E-state index contributed by atoms with van der Waals surface area (Å²) in [4.78, 5) is 16.8. The topological polar surface area (TPSA) is 42.0 Å². The third-order valence-corrected chi connectivity index (χ3v) is 3.68. The summed E-state index contributed by atoms with van der Waals surface area (Å²) < 4.78 is 10.6. The molecule has 0 atom stereocenters. The highest BCUT2D eigenvalue weighted by Crippen LogP contribution is 2.31. The molecule has 1 aromatic carbocycles. The van der Waals surface area contributed by atoms with Gasteiger partial charge in [0, 0.05) is 32.7 Å². The average molecular weight is 290 g/mol. The normalized spacial score (nSPS) is 15.6. The maximum atomic E-state index is 12.7. The summed E-state index contributed by atoms with van der Waals surface area (Å²) in [5.41, 5.74) is 0.550. The van der Waals surface area contributed by atoms with Crippen LogP contribution in [0, 0.1) is 0 Å². The van der Waals surface area contributed by atoms with Gasteiger partial charge in [0.05, 0.1) is 19.8 Å². The fourth-order valence-corrected chi connectivity index (χ4v) is 2.54. The molecule has 1 fully saturated rings. The molecule has 5 nitrogen and oxygen atoms in total. The molecule has 0 N–H and O–H groups in total. The van der Waals surface area contributed by atoms with E-state index in [1.807, 2.05) is 17.0 Å². The molecule has 0 aliphatic carbocycles. The summed E-state index contributed by atoms with van der Waals surface area (Å²) in [6.07, 6.45) is 1.89. The first-order valence-corrected chi connectivity index (χ1v) is 7.04. The minimum Gasteiger partial charge on any atom is -0.493 e. The molecule has 0 radical (unpaired) electrons. The molecule has 5 heteroatoms. The van der Waals surface area contributed by atoms with E-state index in [9.17, 15) is 4.79 Å². The van der Waals surface area contributed by atoms with Gasteiger partial charge in [-0.15, -0.1) is 6.58 Å². The van der Waals surface area contributed by atoms with E-state index < -0.39 is 0 Å². The zero-order valence-electron chi connectivity index (χ0n) is 12.7. The standard InChI is InChI=1S/C16H22N2O3/c1-4-8-17-9-11-18(12-10-17)16(19)13-6-5-7-14(20-2)15(13)21-3/h4-7H,1,8-12H2,2-3H3. The number of piperazine rings is 1. The van der Waals surface area contributed by atoms with Gasteiger partial charge in [0.15, 0.2) is 11.5 Å². The second-order valence-electron chi connectivity index (χ2n) is 4.92. The molecule has 1 aliphatic rings.